The molecule has 2 aromatic rings. The normalized spacial score (nSPS) is 12.4. The van der Waals surface area contributed by atoms with Gasteiger partial charge in [-0.2, -0.15) is 0 Å². The SMILES string of the molecule is O=C(OCC(=O)N1CCc2ccccc21)c1cc([N+](=O)[O-])ccc1NCCO. The largest absolute Gasteiger partial charge is 0.452 e. The summed E-state index contributed by atoms with van der Waals surface area (Å²) in [5, 5.41) is 22.7. The minimum atomic E-state index is -0.857. The summed E-state index contributed by atoms with van der Waals surface area (Å²) in [6.45, 7) is 0.00502. The van der Waals surface area contributed by atoms with Crippen LogP contribution in [0.3, 0.4) is 0 Å². The number of carbonyl (C=O) groups excluding carboxylic acids is 2. The molecule has 0 fully saturated rings. The van der Waals surface area contributed by atoms with E-state index in [1.165, 1.54) is 12.1 Å². The number of nitro benzene ring substituents is 1. The molecule has 1 aliphatic heterocycles. The number of hydrogen-bond acceptors (Lipinski definition) is 7. The Morgan fingerprint density at radius 3 is 2.79 bits per heavy atom. The number of rotatable bonds is 7. The van der Waals surface area contributed by atoms with Crippen LogP contribution >= 0.6 is 0 Å². The Labute approximate surface area is 160 Å². The highest BCUT2D eigenvalue weighted by molar-refractivity contribution is 6.00. The molecule has 1 heterocycles. The van der Waals surface area contributed by atoms with E-state index < -0.39 is 17.5 Å². The minimum absolute atomic E-state index is 0.0720. The Morgan fingerprint density at radius 1 is 1.25 bits per heavy atom. The van der Waals surface area contributed by atoms with Crippen molar-refractivity contribution in [2.24, 2.45) is 0 Å². The first-order valence-corrected chi connectivity index (χ1v) is 8.70. The van der Waals surface area contributed by atoms with Crippen molar-refractivity contribution in [3.05, 3.63) is 63.7 Å². The molecular weight excluding hydrogens is 366 g/mol. The minimum Gasteiger partial charge on any atom is -0.452 e. The van der Waals surface area contributed by atoms with E-state index >= 15 is 0 Å². The first-order chi connectivity index (χ1) is 13.5. The van der Waals surface area contributed by atoms with Crippen LogP contribution in [0.1, 0.15) is 15.9 Å². The van der Waals surface area contributed by atoms with Crippen molar-refractivity contribution < 1.29 is 24.4 Å². The summed E-state index contributed by atoms with van der Waals surface area (Å²) >= 11 is 0. The number of hydrogen-bond donors (Lipinski definition) is 2. The van der Waals surface area contributed by atoms with Crippen LogP contribution in [0.2, 0.25) is 0 Å². The van der Waals surface area contributed by atoms with E-state index in [4.69, 9.17) is 9.84 Å². The average Bonchev–Trinajstić information content (AvgIpc) is 3.14. The van der Waals surface area contributed by atoms with Gasteiger partial charge in [0.2, 0.25) is 0 Å². The van der Waals surface area contributed by atoms with E-state index in [-0.39, 0.29) is 36.0 Å². The van der Waals surface area contributed by atoms with E-state index in [9.17, 15) is 19.7 Å². The number of anilines is 2. The van der Waals surface area contributed by atoms with Crippen LogP contribution in [-0.2, 0) is 16.0 Å². The molecule has 0 bridgehead atoms. The Balaban J connectivity index is 1.71. The third-order valence-corrected chi connectivity index (χ3v) is 4.38. The predicted octanol–water partition coefficient (Wildman–Crippen LogP) is 1.75. The van der Waals surface area contributed by atoms with Crippen LogP contribution in [0.25, 0.3) is 0 Å². The Kier molecular flexibility index (Phi) is 5.85. The van der Waals surface area contributed by atoms with Crippen LogP contribution < -0.4 is 10.2 Å². The molecule has 0 unspecified atom stereocenters. The second kappa shape index (κ2) is 8.49. The molecule has 2 aromatic carbocycles. The second-order valence-corrected chi connectivity index (χ2v) is 6.14. The van der Waals surface area contributed by atoms with Gasteiger partial charge in [-0.15, -0.1) is 0 Å². The number of nitrogens with zero attached hydrogens (tertiary/aromatic N) is 2. The van der Waals surface area contributed by atoms with Gasteiger partial charge in [-0.25, -0.2) is 4.79 Å². The van der Waals surface area contributed by atoms with Gasteiger partial charge in [-0.1, -0.05) is 18.2 Å². The number of esters is 1. The zero-order valence-corrected chi connectivity index (χ0v) is 15.0. The smallest absolute Gasteiger partial charge is 0.341 e. The maximum atomic E-state index is 12.5. The number of benzene rings is 2. The topological polar surface area (TPSA) is 122 Å². The summed E-state index contributed by atoms with van der Waals surface area (Å²) in [5.41, 5.74) is 1.78. The van der Waals surface area contributed by atoms with Gasteiger partial charge in [0.05, 0.1) is 17.1 Å². The lowest BCUT2D eigenvalue weighted by Crippen LogP contribution is -2.33. The van der Waals surface area contributed by atoms with Crippen LogP contribution in [0.5, 0.6) is 0 Å². The number of fused-ring (bicyclic) bond motifs is 1. The van der Waals surface area contributed by atoms with Crippen LogP contribution in [-0.4, -0.2) is 48.2 Å². The second-order valence-electron chi connectivity index (χ2n) is 6.14. The molecule has 0 saturated carbocycles. The molecule has 9 nitrogen and oxygen atoms in total. The van der Waals surface area contributed by atoms with Crippen molar-refractivity contribution in [3.63, 3.8) is 0 Å². The van der Waals surface area contributed by atoms with Gasteiger partial charge in [-0.05, 0) is 24.1 Å². The molecule has 0 spiro atoms. The highest BCUT2D eigenvalue weighted by Crippen LogP contribution is 2.28. The number of ether oxygens (including phenoxy) is 1. The number of carbonyl (C=O) groups is 2. The van der Waals surface area contributed by atoms with Crippen molar-refractivity contribution >= 4 is 28.9 Å². The molecule has 2 N–H and O–H groups in total. The van der Waals surface area contributed by atoms with E-state index in [1.54, 1.807) is 4.90 Å². The van der Waals surface area contributed by atoms with Crippen molar-refractivity contribution in [2.75, 3.05) is 36.5 Å². The maximum absolute atomic E-state index is 12.5. The van der Waals surface area contributed by atoms with Crippen molar-refractivity contribution in [1.29, 1.82) is 0 Å². The summed E-state index contributed by atoms with van der Waals surface area (Å²) in [6, 6.07) is 11.2. The van der Waals surface area contributed by atoms with Crippen molar-refractivity contribution in [3.8, 4) is 0 Å². The lowest BCUT2D eigenvalue weighted by atomic mass is 10.1. The molecule has 0 aliphatic carbocycles. The van der Waals surface area contributed by atoms with E-state index in [0.717, 1.165) is 23.7 Å². The molecule has 9 heteroatoms. The summed E-state index contributed by atoms with van der Waals surface area (Å²) < 4.78 is 5.12. The molecule has 1 aliphatic rings. The highest BCUT2D eigenvalue weighted by atomic mass is 16.6. The lowest BCUT2D eigenvalue weighted by molar-refractivity contribution is -0.384. The molecular formula is C19H19N3O6. The van der Waals surface area contributed by atoms with E-state index in [0.29, 0.717) is 6.54 Å². The Bertz CT molecular complexity index is 914. The first-order valence-electron chi connectivity index (χ1n) is 8.70. The standard InChI is InChI=1S/C19H19N3O6/c23-10-8-20-16-6-5-14(22(26)27)11-15(16)19(25)28-12-18(24)21-9-7-13-3-1-2-4-17(13)21/h1-6,11,20,23H,7-10,12H2. The third kappa shape index (κ3) is 4.09. The number of amides is 1. The zero-order chi connectivity index (χ0) is 20.1. The van der Waals surface area contributed by atoms with Crippen LogP contribution in [0.4, 0.5) is 17.1 Å². The lowest BCUT2D eigenvalue weighted by Gasteiger charge is -2.17. The van der Waals surface area contributed by atoms with Gasteiger partial charge in [0.15, 0.2) is 6.61 Å². The fraction of sp³-hybridized carbons (Fsp3) is 0.263. The summed E-state index contributed by atoms with van der Waals surface area (Å²) in [7, 11) is 0. The summed E-state index contributed by atoms with van der Waals surface area (Å²) in [4.78, 5) is 36.8. The van der Waals surface area contributed by atoms with Crippen LogP contribution in [0, 0.1) is 10.1 Å². The predicted molar refractivity (Wildman–Crippen MR) is 101 cm³/mol. The van der Waals surface area contributed by atoms with Crippen molar-refractivity contribution in [1.82, 2.24) is 0 Å². The van der Waals surface area contributed by atoms with Gasteiger partial charge in [-0.3, -0.25) is 14.9 Å². The van der Waals surface area contributed by atoms with Gasteiger partial charge < -0.3 is 20.1 Å². The number of aliphatic hydroxyl groups is 1. The van der Waals surface area contributed by atoms with Gasteiger partial charge in [0.25, 0.3) is 11.6 Å². The number of aliphatic hydroxyl groups excluding tert-OH is 1. The molecule has 0 atom stereocenters. The number of para-hydroxylation sites is 1. The van der Waals surface area contributed by atoms with Gasteiger partial charge >= 0.3 is 5.97 Å². The molecule has 3 rings (SSSR count). The molecule has 0 radical (unpaired) electrons. The summed E-state index contributed by atoms with van der Waals surface area (Å²) in [6.07, 6.45) is 0.732. The maximum Gasteiger partial charge on any atom is 0.341 e. The quantitative estimate of drug-likeness (QED) is 0.423. The van der Waals surface area contributed by atoms with Gasteiger partial charge in [0, 0.05) is 36.6 Å². The molecule has 28 heavy (non-hydrogen) atoms. The number of nitrogens with one attached hydrogen (secondary N) is 1. The molecule has 0 saturated heterocycles. The third-order valence-electron chi connectivity index (χ3n) is 4.38. The zero-order valence-electron chi connectivity index (χ0n) is 15.0. The fourth-order valence-corrected chi connectivity index (χ4v) is 3.04. The number of nitro groups is 1. The monoisotopic (exact) mass is 385 g/mol. The van der Waals surface area contributed by atoms with E-state index in [1.807, 2.05) is 24.3 Å². The molecule has 1 amide bonds. The Hall–Kier alpha value is -3.46. The fourth-order valence-electron chi connectivity index (χ4n) is 3.04. The van der Waals surface area contributed by atoms with Crippen molar-refractivity contribution in [2.45, 2.75) is 6.42 Å². The van der Waals surface area contributed by atoms with Crippen LogP contribution in [0.15, 0.2) is 42.5 Å². The van der Waals surface area contributed by atoms with Gasteiger partial charge in [0.1, 0.15) is 0 Å². The average molecular weight is 385 g/mol. The van der Waals surface area contributed by atoms with E-state index in [2.05, 4.69) is 5.32 Å². The highest BCUT2D eigenvalue weighted by Gasteiger charge is 2.26. The summed E-state index contributed by atoms with van der Waals surface area (Å²) in [5.74, 6) is -1.22. The number of non-ortho nitro benzene ring substituents is 1. The molecule has 146 valence electrons. The Morgan fingerprint density at radius 2 is 2.04 bits per heavy atom. The first kappa shape index (κ1) is 19.3. The molecule has 0 aromatic heterocycles.